The topological polar surface area (TPSA) is 41.9 Å². The Kier molecular flexibility index (Phi) is 9.67. The monoisotopic (exact) mass is 748 g/mol. The lowest BCUT2D eigenvalue weighted by atomic mass is 9.34. The minimum atomic E-state index is 0.0566. The van der Waals surface area contributed by atoms with Crippen LogP contribution in [0.1, 0.15) is 33.4 Å². The molecule has 5 heteroatoms. The number of aromatic nitrogens is 3. The summed E-state index contributed by atoms with van der Waals surface area (Å²) >= 11 is 0. The molecule has 58 heavy (non-hydrogen) atoms. The van der Waals surface area contributed by atoms with Crippen LogP contribution in [0.5, 0.6) is 0 Å². The molecule has 1 heterocycles. The zero-order chi connectivity index (χ0) is 39.9. The second-order valence-electron chi connectivity index (χ2n) is 15.7. The molecule has 0 saturated carbocycles. The van der Waals surface area contributed by atoms with Crippen LogP contribution in [-0.4, -0.2) is 21.7 Å². The maximum absolute atomic E-state index is 5.36. The number of rotatable bonds is 8. The van der Waals surface area contributed by atoms with Crippen molar-refractivity contribution in [2.75, 3.05) is 4.90 Å². The van der Waals surface area contributed by atoms with Crippen molar-refractivity contribution >= 4 is 62.0 Å². The van der Waals surface area contributed by atoms with E-state index in [4.69, 9.17) is 15.0 Å². The molecule has 0 radical (unpaired) electrons. The molecular formula is C53H45BN4. The van der Waals surface area contributed by atoms with Crippen LogP contribution in [0.4, 0.5) is 17.3 Å². The Balaban J connectivity index is 1.28. The molecule has 0 bridgehead atoms. The predicted molar refractivity (Wildman–Crippen MR) is 246 cm³/mol. The van der Waals surface area contributed by atoms with Gasteiger partial charge in [-0.3, -0.25) is 4.90 Å². The van der Waals surface area contributed by atoms with Crippen LogP contribution >= 0.6 is 0 Å². The van der Waals surface area contributed by atoms with Gasteiger partial charge in [0, 0.05) is 22.2 Å². The molecule has 0 amide bonds. The first-order valence-corrected chi connectivity index (χ1v) is 20.1. The van der Waals surface area contributed by atoms with Gasteiger partial charge in [0.2, 0.25) is 12.7 Å². The van der Waals surface area contributed by atoms with E-state index >= 15 is 0 Å². The molecule has 9 aromatic rings. The highest BCUT2D eigenvalue weighted by molar-refractivity contribution is 6.96. The van der Waals surface area contributed by atoms with E-state index in [0.717, 1.165) is 44.0 Å². The molecule has 0 aliphatic heterocycles. The Morgan fingerprint density at radius 1 is 0.431 bits per heavy atom. The molecule has 0 saturated heterocycles. The highest BCUT2D eigenvalue weighted by Crippen LogP contribution is 2.39. The van der Waals surface area contributed by atoms with E-state index in [1.54, 1.807) is 0 Å². The maximum atomic E-state index is 5.36. The van der Waals surface area contributed by atoms with Crippen molar-refractivity contribution in [3.63, 3.8) is 0 Å². The number of anilines is 3. The van der Waals surface area contributed by atoms with E-state index in [0.29, 0.717) is 17.6 Å². The normalized spacial score (nSPS) is 11.3. The third kappa shape index (κ3) is 6.83. The number of aryl methyl sites for hydroxylation is 6. The summed E-state index contributed by atoms with van der Waals surface area (Å²) in [5.41, 5.74) is 15.6. The third-order valence-corrected chi connectivity index (χ3v) is 11.4. The summed E-state index contributed by atoms with van der Waals surface area (Å²) in [5.74, 6) is 1.79. The fraction of sp³-hybridized carbons (Fsp3) is 0.113. The quantitative estimate of drug-likeness (QED) is 0.145. The predicted octanol–water partition coefficient (Wildman–Crippen LogP) is 11.3. The van der Waals surface area contributed by atoms with Crippen LogP contribution in [0.3, 0.4) is 0 Å². The zero-order valence-corrected chi connectivity index (χ0v) is 34.0. The van der Waals surface area contributed by atoms with E-state index in [2.05, 4.69) is 192 Å². The molecule has 4 nitrogen and oxygen atoms in total. The Bertz CT molecular complexity index is 2860. The molecule has 280 valence electrons. The van der Waals surface area contributed by atoms with E-state index in [1.165, 1.54) is 49.8 Å². The minimum absolute atomic E-state index is 0.0566. The number of fused-ring (bicyclic) bond motifs is 2. The summed E-state index contributed by atoms with van der Waals surface area (Å²) in [4.78, 5) is 18.0. The van der Waals surface area contributed by atoms with Gasteiger partial charge in [-0.1, -0.05) is 195 Å². The number of hydrogen-bond acceptors (Lipinski definition) is 4. The van der Waals surface area contributed by atoms with Crippen molar-refractivity contribution in [1.82, 2.24) is 15.0 Å². The van der Waals surface area contributed by atoms with Gasteiger partial charge in [-0.25, -0.2) is 4.98 Å². The minimum Gasteiger partial charge on any atom is -0.278 e. The number of benzene rings is 8. The molecule has 0 N–H and O–H groups in total. The van der Waals surface area contributed by atoms with Crippen molar-refractivity contribution in [1.29, 1.82) is 0 Å². The van der Waals surface area contributed by atoms with E-state index < -0.39 is 0 Å². The average molecular weight is 749 g/mol. The summed E-state index contributed by atoms with van der Waals surface area (Å²) in [6.45, 7) is 13.5. The van der Waals surface area contributed by atoms with Gasteiger partial charge >= 0.3 is 0 Å². The molecule has 0 atom stereocenters. The Labute approximate surface area is 342 Å². The van der Waals surface area contributed by atoms with Gasteiger partial charge in [0.1, 0.15) is 0 Å². The van der Waals surface area contributed by atoms with Crippen molar-refractivity contribution < 1.29 is 0 Å². The highest BCUT2D eigenvalue weighted by atomic mass is 15.3. The number of hydrogen-bond donors (Lipinski definition) is 0. The summed E-state index contributed by atoms with van der Waals surface area (Å²) in [6, 6.07) is 58.3. The second kappa shape index (κ2) is 15.2. The van der Waals surface area contributed by atoms with Gasteiger partial charge in [-0.15, -0.1) is 0 Å². The molecule has 0 unspecified atom stereocenters. The van der Waals surface area contributed by atoms with Gasteiger partial charge < -0.3 is 0 Å². The first-order valence-electron chi connectivity index (χ1n) is 20.1. The van der Waals surface area contributed by atoms with Gasteiger partial charge in [-0.05, 0) is 75.9 Å². The Morgan fingerprint density at radius 2 is 0.931 bits per heavy atom. The molecule has 0 aliphatic rings. The van der Waals surface area contributed by atoms with Crippen molar-refractivity contribution in [2.45, 2.75) is 41.5 Å². The molecule has 1 aromatic heterocycles. The van der Waals surface area contributed by atoms with Crippen molar-refractivity contribution in [2.24, 2.45) is 0 Å². The Morgan fingerprint density at radius 3 is 1.55 bits per heavy atom. The first kappa shape index (κ1) is 36.8. The van der Waals surface area contributed by atoms with Gasteiger partial charge in [0.15, 0.2) is 11.6 Å². The summed E-state index contributed by atoms with van der Waals surface area (Å²) < 4.78 is 0. The zero-order valence-electron chi connectivity index (χ0n) is 34.0. The van der Waals surface area contributed by atoms with E-state index in [1.807, 2.05) is 18.2 Å². The fourth-order valence-electron chi connectivity index (χ4n) is 9.07. The summed E-state index contributed by atoms with van der Waals surface area (Å²) in [7, 11) is 0. The maximum Gasteiger partial charge on any atom is 0.242 e. The molecule has 0 aliphatic carbocycles. The van der Waals surface area contributed by atoms with E-state index in [9.17, 15) is 0 Å². The number of nitrogens with zero attached hydrogens (tertiary/aromatic N) is 4. The van der Waals surface area contributed by atoms with Crippen LogP contribution in [0.15, 0.2) is 164 Å². The van der Waals surface area contributed by atoms with Crippen molar-refractivity contribution in [3.05, 3.63) is 197 Å². The van der Waals surface area contributed by atoms with Gasteiger partial charge in [0.25, 0.3) is 0 Å². The smallest absolute Gasteiger partial charge is 0.242 e. The average Bonchev–Trinajstić information content (AvgIpc) is 3.23. The lowest BCUT2D eigenvalue weighted by molar-refractivity contribution is 1.03. The largest absolute Gasteiger partial charge is 0.278 e. The van der Waals surface area contributed by atoms with Crippen LogP contribution < -0.4 is 21.3 Å². The summed E-state index contributed by atoms with van der Waals surface area (Å²) in [6.07, 6.45) is 0. The van der Waals surface area contributed by atoms with Gasteiger partial charge in [0.05, 0.1) is 5.69 Å². The molecular weight excluding hydrogens is 703 g/mol. The van der Waals surface area contributed by atoms with Gasteiger partial charge in [-0.2, -0.15) is 9.97 Å². The van der Waals surface area contributed by atoms with Crippen LogP contribution in [-0.2, 0) is 0 Å². The van der Waals surface area contributed by atoms with E-state index in [-0.39, 0.29) is 6.71 Å². The van der Waals surface area contributed by atoms with Crippen LogP contribution in [0.25, 0.3) is 44.3 Å². The third-order valence-electron chi connectivity index (χ3n) is 11.4. The standard InChI is InChI=1S/C53H45BN4/c1-34-30-36(3)49(37(4)31-34)54(50-38(5)32-35(2)33-39(50)6)43-26-28-44(29-27-43)58(48-25-15-21-41-17-11-13-23-46(41)48)53-56-51(42-18-8-7-9-19-42)55-52(57-53)47-24-14-20-40-16-10-12-22-45(40)47/h7-33H,1-6H3. The molecule has 0 fully saturated rings. The molecule has 0 spiro atoms. The second-order valence-corrected chi connectivity index (χ2v) is 15.7. The Hall–Kier alpha value is -6.85. The lowest BCUT2D eigenvalue weighted by Gasteiger charge is -2.27. The SMILES string of the molecule is Cc1cc(C)c(B(c2ccc(N(c3nc(-c4ccccc4)nc(-c4cccc5ccccc45)n3)c3cccc4ccccc34)cc2)c2c(C)cc(C)cc2C)c(C)c1. The highest BCUT2D eigenvalue weighted by Gasteiger charge is 2.29. The lowest BCUT2D eigenvalue weighted by Crippen LogP contribution is -2.55. The first-order chi connectivity index (χ1) is 28.2. The van der Waals surface area contributed by atoms with Crippen LogP contribution in [0, 0.1) is 41.5 Å². The van der Waals surface area contributed by atoms with Crippen molar-refractivity contribution in [3.8, 4) is 22.8 Å². The summed E-state index contributed by atoms with van der Waals surface area (Å²) in [5, 5.41) is 4.48. The fourth-order valence-corrected chi connectivity index (χ4v) is 9.07. The molecule has 9 rings (SSSR count). The van der Waals surface area contributed by atoms with Crippen LogP contribution in [0.2, 0.25) is 0 Å². The molecule has 8 aromatic carbocycles.